The van der Waals surface area contributed by atoms with Gasteiger partial charge in [-0.2, -0.15) is 0 Å². The number of aliphatic imine (C=N–C) groups is 1. The number of hydrogen-bond acceptors (Lipinski definition) is 2. The van der Waals surface area contributed by atoms with Crippen LogP contribution in [0.2, 0.25) is 5.15 Å². The molecule has 3 N–H and O–H groups in total. The molecule has 26 heavy (non-hydrogen) atoms. The summed E-state index contributed by atoms with van der Waals surface area (Å²) >= 11 is 5.81. The van der Waals surface area contributed by atoms with Crippen molar-refractivity contribution < 1.29 is 0 Å². The van der Waals surface area contributed by atoms with Crippen LogP contribution in [0.3, 0.4) is 0 Å². The number of pyridine rings is 1. The lowest BCUT2D eigenvalue weighted by molar-refractivity contribution is 0.783. The van der Waals surface area contributed by atoms with Crippen LogP contribution in [0.25, 0.3) is 10.9 Å². The fourth-order valence-corrected chi connectivity index (χ4v) is 3.17. The summed E-state index contributed by atoms with van der Waals surface area (Å²) in [7, 11) is 1.79. The molecule has 0 amide bonds. The van der Waals surface area contributed by atoms with Crippen molar-refractivity contribution in [2.24, 2.45) is 4.99 Å². The van der Waals surface area contributed by atoms with Crippen LogP contribution in [0, 0.1) is 6.92 Å². The summed E-state index contributed by atoms with van der Waals surface area (Å²) in [6.07, 6.45) is 3.62. The molecule has 0 unspecified atom stereocenters. The van der Waals surface area contributed by atoms with Crippen molar-refractivity contribution >= 4 is 28.5 Å². The molecule has 3 rings (SSSR count). The third-order valence-corrected chi connectivity index (χ3v) is 4.64. The second-order valence-electron chi connectivity index (χ2n) is 6.19. The number of aromatic nitrogens is 2. The van der Waals surface area contributed by atoms with Gasteiger partial charge >= 0.3 is 0 Å². The normalized spacial score (nSPS) is 11.7. The number of benzene rings is 1. The Balaban J connectivity index is 1.48. The molecular formula is C20H24ClN5. The van der Waals surface area contributed by atoms with Crippen molar-refractivity contribution in [1.29, 1.82) is 0 Å². The first kappa shape index (κ1) is 18.3. The summed E-state index contributed by atoms with van der Waals surface area (Å²) < 4.78 is 0. The highest BCUT2D eigenvalue weighted by atomic mass is 35.5. The number of nitrogens with one attached hydrogen (secondary N) is 3. The van der Waals surface area contributed by atoms with Crippen molar-refractivity contribution in [3.63, 3.8) is 0 Å². The minimum atomic E-state index is 0.520. The molecule has 136 valence electrons. The number of halogens is 1. The van der Waals surface area contributed by atoms with Gasteiger partial charge in [0, 0.05) is 42.9 Å². The highest BCUT2D eigenvalue weighted by Crippen LogP contribution is 2.21. The Labute approximate surface area is 158 Å². The summed E-state index contributed by atoms with van der Waals surface area (Å²) in [6, 6.07) is 12.2. The average molecular weight is 370 g/mol. The summed E-state index contributed by atoms with van der Waals surface area (Å²) in [5, 5.41) is 8.53. The van der Waals surface area contributed by atoms with Gasteiger partial charge in [-0.1, -0.05) is 35.9 Å². The number of nitrogens with zero attached hydrogens (tertiary/aromatic N) is 2. The van der Waals surface area contributed by atoms with E-state index in [4.69, 9.17) is 11.6 Å². The van der Waals surface area contributed by atoms with E-state index in [1.807, 2.05) is 12.1 Å². The van der Waals surface area contributed by atoms with Crippen LogP contribution >= 0.6 is 11.6 Å². The maximum absolute atomic E-state index is 5.81. The Morgan fingerprint density at radius 3 is 2.62 bits per heavy atom. The number of hydrogen-bond donors (Lipinski definition) is 3. The van der Waals surface area contributed by atoms with E-state index < -0.39 is 0 Å². The molecule has 0 radical (unpaired) electrons. The van der Waals surface area contributed by atoms with Gasteiger partial charge in [-0.15, -0.1) is 0 Å². The van der Waals surface area contributed by atoms with Crippen molar-refractivity contribution in [2.75, 3.05) is 20.1 Å². The van der Waals surface area contributed by atoms with Crippen LogP contribution < -0.4 is 10.6 Å². The zero-order chi connectivity index (χ0) is 18.4. The molecule has 5 nitrogen and oxygen atoms in total. The summed E-state index contributed by atoms with van der Waals surface area (Å²) in [6.45, 7) is 3.74. The van der Waals surface area contributed by atoms with Gasteiger partial charge in [-0.05, 0) is 43.0 Å². The molecule has 2 heterocycles. The monoisotopic (exact) mass is 369 g/mol. The summed E-state index contributed by atoms with van der Waals surface area (Å²) in [5.74, 6) is 0.810. The van der Waals surface area contributed by atoms with E-state index in [-0.39, 0.29) is 0 Å². The second kappa shape index (κ2) is 8.72. The molecular weight excluding hydrogens is 346 g/mol. The van der Waals surface area contributed by atoms with Crippen LogP contribution in [0.15, 0.2) is 47.6 Å². The zero-order valence-corrected chi connectivity index (χ0v) is 15.9. The first-order chi connectivity index (χ1) is 12.7. The van der Waals surface area contributed by atoms with E-state index in [2.05, 4.69) is 56.8 Å². The number of H-pyrrole nitrogens is 1. The average Bonchev–Trinajstić information content (AvgIpc) is 2.97. The molecule has 0 spiro atoms. The quantitative estimate of drug-likeness (QED) is 0.354. The number of aryl methyl sites for hydroxylation is 1. The minimum Gasteiger partial charge on any atom is -0.358 e. The third kappa shape index (κ3) is 4.55. The van der Waals surface area contributed by atoms with Crippen LogP contribution in [-0.4, -0.2) is 36.1 Å². The maximum atomic E-state index is 5.81. The first-order valence-electron chi connectivity index (χ1n) is 8.78. The lowest BCUT2D eigenvalue weighted by Gasteiger charge is -2.12. The van der Waals surface area contributed by atoms with Crippen LogP contribution in [0.4, 0.5) is 0 Å². The van der Waals surface area contributed by atoms with E-state index in [0.29, 0.717) is 5.15 Å². The van der Waals surface area contributed by atoms with Crippen LogP contribution in [-0.2, 0) is 12.8 Å². The second-order valence-corrected chi connectivity index (χ2v) is 6.58. The van der Waals surface area contributed by atoms with E-state index in [0.717, 1.165) is 37.5 Å². The molecule has 0 aliphatic rings. The fourth-order valence-electron chi connectivity index (χ4n) is 3.06. The van der Waals surface area contributed by atoms with Gasteiger partial charge in [0.1, 0.15) is 5.15 Å². The number of rotatable bonds is 6. The molecule has 6 heteroatoms. The van der Waals surface area contributed by atoms with E-state index >= 15 is 0 Å². The first-order valence-corrected chi connectivity index (χ1v) is 9.16. The lowest BCUT2D eigenvalue weighted by atomic mass is 10.1. The van der Waals surface area contributed by atoms with Gasteiger partial charge in [-0.25, -0.2) is 4.98 Å². The summed E-state index contributed by atoms with van der Waals surface area (Å²) in [5.41, 5.74) is 4.92. The van der Waals surface area contributed by atoms with Gasteiger partial charge in [0.05, 0.1) is 0 Å². The molecule has 0 fully saturated rings. The Kier molecular flexibility index (Phi) is 6.12. The molecule has 3 aromatic rings. The van der Waals surface area contributed by atoms with Gasteiger partial charge in [-0.3, -0.25) is 4.99 Å². The number of para-hydroxylation sites is 1. The van der Waals surface area contributed by atoms with Crippen LogP contribution in [0.5, 0.6) is 0 Å². The SMILES string of the molecule is CN=C(NCCc1ccc(Cl)nc1)NCCc1c(C)[nH]c2ccccc12. The lowest BCUT2D eigenvalue weighted by Crippen LogP contribution is -2.39. The predicted octanol–water partition coefficient (Wildman–Crippen LogP) is 3.47. The molecule has 1 aromatic carbocycles. The molecule has 2 aromatic heterocycles. The molecule has 0 saturated heterocycles. The standard InChI is InChI=1S/C20H24ClN5/c1-14-16(17-5-3-4-6-18(17)26-14)10-12-24-20(22-2)23-11-9-15-7-8-19(21)25-13-15/h3-8,13,26H,9-12H2,1-2H3,(H2,22,23,24). The smallest absolute Gasteiger partial charge is 0.190 e. The number of aromatic amines is 1. The Hall–Kier alpha value is -2.53. The van der Waals surface area contributed by atoms with Crippen molar-refractivity contribution in [1.82, 2.24) is 20.6 Å². The predicted molar refractivity (Wildman–Crippen MR) is 109 cm³/mol. The zero-order valence-electron chi connectivity index (χ0n) is 15.1. The number of fused-ring (bicyclic) bond motifs is 1. The Morgan fingerprint density at radius 2 is 1.88 bits per heavy atom. The molecule has 0 aliphatic heterocycles. The largest absolute Gasteiger partial charge is 0.358 e. The van der Waals surface area contributed by atoms with E-state index in [9.17, 15) is 0 Å². The minimum absolute atomic E-state index is 0.520. The van der Waals surface area contributed by atoms with Crippen LogP contribution in [0.1, 0.15) is 16.8 Å². The van der Waals surface area contributed by atoms with Gasteiger partial charge < -0.3 is 15.6 Å². The molecule has 0 atom stereocenters. The van der Waals surface area contributed by atoms with Gasteiger partial charge in [0.25, 0.3) is 0 Å². The Bertz CT molecular complexity index is 883. The van der Waals surface area contributed by atoms with Crippen molar-refractivity contribution in [2.45, 2.75) is 19.8 Å². The van der Waals surface area contributed by atoms with Gasteiger partial charge in [0.15, 0.2) is 5.96 Å². The van der Waals surface area contributed by atoms with Crippen molar-refractivity contribution in [3.05, 3.63) is 64.6 Å². The highest BCUT2D eigenvalue weighted by molar-refractivity contribution is 6.29. The third-order valence-electron chi connectivity index (χ3n) is 4.41. The number of guanidine groups is 1. The molecule has 0 aliphatic carbocycles. The van der Waals surface area contributed by atoms with Crippen molar-refractivity contribution in [3.8, 4) is 0 Å². The molecule has 0 saturated carbocycles. The fraction of sp³-hybridized carbons (Fsp3) is 0.300. The topological polar surface area (TPSA) is 65.1 Å². The van der Waals surface area contributed by atoms with Gasteiger partial charge in [0.2, 0.25) is 0 Å². The van der Waals surface area contributed by atoms with E-state index in [1.165, 1.54) is 22.2 Å². The highest BCUT2D eigenvalue weighted by Gasteiger charge is 2.07. The molecule has 0 bridgehead atoms. The maximum Gasteiger partial charge on any atom is 0.190 e. The summed E-state index contributed by atoms with van der Waals surface area (Å²) in [4.78, 5) is 11.8. The van der Waals surface area contributed by atoms with E-state index in [1.54, 1.807) is 13.2 Å². The Morgan fingerprint density at radius 1 is 1.12 bits per heavy atom.